The number of nitrogens with two attached hydrogens (primary N) is 1. The Morgan fingerprint density at radius 2 is 1.89 bits per heavy atom. The van der Waals surface area contributed by atoms with Gasteiger partial charge in [-0.05, 0) is 43.6 Å². The maximum Gasteiger partial charge on any atom is 0.226 e. The largest absolute Gasteiger partial charge is 0.342 e. The van der Waals surface area contributed by atoms with Crippen LogP contribution in [0, 0.1) is 17.3 Å². The lowest BCUT2D eigenvalue weighted by atomic mass is 9.79. The second kappa shape index (κ2) is 5.82. The molecule has 0 spiro atoms. The van der Waals surface area contributed by atoms with Gasteiger partial charge in [-0.2, -0.15) is 0 Å². The van der Waals surface area contributed by atoms with Gasteiger partial charge in [0.25, 0.3) is 0 Å². The Hall–Kier alpha value is -0.570. The van der Waals surface area contributed by atoms with Crippen molar-refractivity contribution in [2.45, 2.75) is 64.8 Å². The molecule has 3 heteroatoms. The van der Waals surface area contributed by atoms with Gasteiger partial charge in [-0.15, -0.1) is 0 Å². The van der Waals surface area contributed by atoms with Crippen LogP contribution in [-0.4, -0.2) is 30.4 Å². The van der Waals surface area contributed by atoms with Crippen molar-refractivity contribution in [3.8, 4) is 0 Å². The maximum absolute atomic E-state index is 12.8. The second-order valence-corrected chi connectivity index (χ2v) is 7.23. The zero-order valence-electron chi connectivity index (χ0n) is 12.8. The summed E-state index contributed by atoms with van der Waals surface area (Å²) in [6.07, 6.45) is 8.28. The van der Waals surface area contributed by atoms with Gasteiger partial charge in [-0.25, -0.2) is 0 Å². The SMILES string of the molecule is CN(C(=O)C1CCCC1(C)C)C1CCCCC1CN. The highest BCUT2D eigenvalue weighted by Crippen LogP contribution is 2.44. The van der Waals surface area contributed by atoms with Crippen LogP contribution in [0.15, 0.2) is 0 Å². The Morgan fingerprint density at radius 1 is 1.21 bits per heavy atom. The highest BCUT2D eigenvalue weighted by molar-refractivity contribution is 5.80. The fourth-order valence-electron chi connectivity index (χ4n) is 4.17. The van der Waals surface area contributed by atoms with Crippen LogP contribution in [0.4, 0.5) is 0 Å². The van der Waals surface area contributed by atoms with Gasteiger partial charge in [0.15, 0.2) is 0 Å². The number of amides is 1. The lowest BCUT2D eigenvalue weighted by molar-refractivity contribution is -0.140. The second-order valence-electron chi connectivity index (χ2n) is 7.23. The lowest BCUT2D eigenvalue weighted by Gasteiger charge is -2.40. The maximum atomic E-state index is 12.8. The highest BCUT2D eigenvalue weighted by Gasteiger charge is 2.42. The Morgan fingerprint density at radius 3 is 2.47 bits per heavy atom. The summed E-state index contributed by atoms with van der Waals surface area (Å²) in [5.41, 5.74) is 6.08. The molecule has 3 nitrogen and oxygen atoms in total. The summed E-state index contributed by atoms with van der Waals surface area (Å²) >= 11 is 0. The van der Waals surface area contributed by atoms with Crippen LogP contribution in [0.5, 0.6) is 0 Å². The molecule has 0 aromatic heterocycles. The number of hydrogen-bond donors (Lipinski definition) is 1. The van der Waals surface area contributed by atoms with Gasteiger partial charge in [0.2, 0.25) is 5.91 Å². The van der Waals surface area contributed by atoms with Crippen LogP contribution >= 0.6 is 0 Å². The fourth-order valence-corrected chi connectivity index (χ4v) is 4.17. The Bertz CT molecular complexity index is 327. The summed E-state index contributed by atoms with van der Waals surface area (Å²) < 4.78 is 0. The topological polar surface area (TPSA) is 46.3 Å². The Labute approximate surface area is 117 Å². The van der Waals surface area contributed by atoms with Gasteiger partial charge in [-0.1, -0.05) is 33.1 Å². The summed E-state index contributed by atoms with van der Waals surface area (Å²) in [4.78, 5) is 14.9. The minimum Gasteiger partial charge on any atom is -0.342 e. The minimum atomic E-state index is 0.179. The van der Waals surface area contributed by atoms with Crippen molar-refractivity contribution in [2.24, 2.45) is 23.0 Å². The van der Waals surface area contributed by atoms with E-state index >= 15 is 0 Å². The van der Waals surface area contributed by atoms with Gasteiger partial charge in [-0.3, -0.25) is 4.79 Å². The predicted molar refractivity (Wildman–Crippen MR) is 78.7 cm³/mol. The molecule has 2 aliphatic carbocycles. The number of rotatable bonds is 3. The molecule has 0 radical (unpaired) electrons. The number of nitrogens with zero attached hydrogens (tertiary/aromatic N) is 1. The molecule has 110 valence electrons. The molecular formula is C16H30N2O. The third-order valence-electron chi connectivity index (χ3n) is 5.57. The monoisotopic (exact) mass is 266 g/mol. The van der Waals surface area contributed by atoms with E-state index in [1.54, 1.807) is 0 Å². The van der Waals surface area contributed by atoms with E-state index < -0.39 is 0 Å². The van der Waals surface area contributed by atoms with Crippen LogP contribution in [0.1, 0.15) is 58.8 Å². The number of hydrogen-bond acceptors (Lipinski definition) is 2. The summed E-state index contributed by atoms with van der Waals surface area (Å²) in [5.74, 6) is 1.10. The fraction of sp³-hybridized carbons (Fsp3) is 0.938. The van der Waals surface area contributed by atoms with Crippen LogP contribution in [0.2, 0.25) is 0 Å². The molecular weight excluding hydrogens is 236 g/mol. The van der Waals surface area contributed by atoms with Crippen molar-refractivity contribution >= 4 is 5.91 Å². The van der Waals surface area contributed by atoms with Gasteiger partial charge in [0, 0.05) is 19.0 Å². The average molecular weight is 266 g/mol. The van der Waals surface area contributed by atoms with Crippen LogP contribution in [0.25, 0.3) is 0 Å². The van der Waals surface area contributed by atoms with E-state index in [1.807, 2.05) is 7.05 Å². The minimum absolute atomic E-state index is 0.179. The van der Waals surface area contributed by atoms with Gasteiger partial charge in [0.05, 0.1) is 0 Å². The van der Waals surface area contributed by atoms with Gasteiger partial charge >= 0.3 is 0 Å². The van der Waals surface area contributed by atoms with E-state index in [0.29, 0.717) is 17.9 Å². The quantitative estimate of drug-likeness (QED) is 0.854. The van der Waals surface area contributed by atoms with Crippen molar-refractivity contribution in [1.82, 2.24) is 4.90 Å². The van der Waals surface area contributed by atoms with Crippen LogP contribution < -0.4 is 5.73 Å². The van der Waals surface area contributed by atoms with Crippen molar-refractivity contribution in [1.29, 1.82) is 0 Å². The first-order chi connectivity index (χ1) is 8.97. The molecule has 0 aliphatic heterocycles. The Kier molecular flexibility index (Phi) is 4.54. The normalized spacial score (nSPS) is 34.2. The van der Waals surface area contributed by atoms with Crippen molar-refractivity contribution in [2.75, 3.05) is 13.6 Å². The molecule has 0 bridgehead atoms. The molecule has 0 saturated heterocycles. The Balaban J connectivity index is 2.05. The van der Waals surface area contributed by atoms with E-state index in [4.69, 9.17) is 5.73 Å². The summed E-state index contributed by atoms with van der Waals surface area (Å²) in [7, 11) is 2.01. The molecule has 1 amide bonds. The van der Waals surface area contributed by atoms with E-state index in [0.717, 1.165) is 19.4 Å². The number of carbonyl (C=O) groups excluding carboxylic acids is 1. The van der Waals surface area contributed by atoms with Gasteiger partial charge < -0.3 is 10.6 Å². The van der Waals surface area contributed by atoms with Crippen molar-refractivity contribution in [3.63, 3.8) is 0 Å². The highest BCUT2D eigenvalue weighted by atomic mass is 16.2. The first-order valence-electron chi connectivity index (χ1n) is 7.94. The predicted octanol–water partition coefficient (Wildman–Crippen LogP) is 2.79. The van der Waals surface area contributed by atoms with E-state index in [2.05, 4.69) is 18.7 Å². The third kappa shape index (κ3) is 2.96. The molecule has 2 N–H and O–H groups in total. The lowest BCUT2D eigenvalue weighted by Crippen LogP contribution is -2.49. The standard InChI is InChI=1S/C16H30N2O/c1-16(2)10-6-8-13(16)15(19)18(3)14-9-5-4-7-12(14)11-17/h12-14H,4-11,17H2,1-3H3. The molecule has 0 aromatic rings. The van der Waals surface area contributed by atoms with Crippen molar-refractivity contribution in [3.05, 3.63) is 0 Å². The van der Waals surface area contributed by atoms with Gasteiger partial charge in [0.1, 0.15) is 0 Å². The summed E-state index contributed by atoms with van der Waals surface area (Å²) in [6.45, 7) is 5.21. The molecule has 2 fully saturated rings. The van der Waals surface area contributed by atoms with Crippen LogP contribution in [-0.2, 0) is 4.79 Å². The molecule has 3 atom stereocenters. The molecule has 0 heterocycles. The zero-order chi connectivity index (χ0) is 14.0. The molecule has 19 heavy (non-hydrogen) atoms. The molecule has 2 saturated carbocycles. The molecule has 2 rings (SSSR count). The van der Waals surface area contributed by atoms with Crippen molar-refractivity contribution < 1.29 is 4.79 Å². The van der Waals surface area contributed by atoms with E-state index in [1.165, 1.54) is 32.1 Å². The first-order valence-corrected chi connectivity index (χ1v) is 7.94. The van der Waals surface area contributed by atoms with E-state index in [-0.39, 0.29) is 11.3 Å². The molecule has 2 aliphatic rings. The third-order valence-corrected chi connectivity index (χ3v) is 5.57. The van der Waals surface area contributed by atoms with E-state index in [9.17, 15) is 4.79 Å². The smallest absolute Gasteiger partial charge is 0.226 e. The van der Waals surface area contributed by atoms with Crippen LogP contribution in [0.3, 0.4) is 0 Å². The molecule has 0 aromatic carbocycles. The molecule has 3 unspecified atom stereocenters. The number of carbonyl (C=O) groups is 1. The summed E-state index contributed by atoms with van der Waals surface area (Å²) in [5, 5.41) is 0. The summed E-state index contributed by atoms with van der Waals surface area (Å²) in [6, 6.07) is 0.377. The zero-order valence-corrected chi connectivity index (χ0v) is 12.8. The first kappa shape index (κ1) is 14.8. The average Bonchev–Trinajstić information content (AvgIpc) is 2.76.